The Labute approximate surface area is 140 Å². The summed E-state index contributed by atoms with van der Waals surface area (Å²) in [5, 5.41) is 9.08. The van der Waals surface area contributed by atoms with Crippen LogP contribution < -0.4 is 15.4 Å². The predicted octanol–water partition coefficient (Wildman–Crippen LogP) is 3.00. The maximum atomic E-state index is 5.73. The second kappa shape index (κ2) is 7.41. The molecule has 0 bridgehead atoms. The Hall–Kier alpha value is -2.15. The first-order chi connectivity index (χ1) is 11.3. The summed E-state index contributed by atoms with van der Waals surface area (Å²) in [5.74, 6) is 2.09. The van der Waals surface area contributed by atoms with Crippen LogP contribution in [0.1, 0.15) is 19.8 Å². The first-order valence-corrected chi connectivity index (χ1v) is 8.70. The molecule has 122 valence electrons. The van der Waals surface area contributed by atoms with E-state index >= 15 is 0 Å². The van der Waals surface area contributed by atoms with E-state index in [1.807, 2.05) is 30.5 Å². The topological polar surface area (TPSA) is 71.4 Å². The molecule has 2 aromatic rings. The van der Waals surface area contributed by atoms with Crippen molar-refractivity contribution < 1.29 is 4.74 Å². The summed E-state index contributed by atoms with van der Waals surface area (Å²) in [4.78, 5) is 13.2. The number of hydrogen-bond donors (Lipinski definition) is 2. The van der Waals surface area contributed by atoms with Gasteiger partial charge >= 0.3 is 0 Å². The molecule has 7 heteroatoms. The van der Waals surface area contributed by atoms with Crippen LogP contribution in [0.25, 0.3) is 11.4 Å². The first kappa shape index (κ1) is 15.7. The summed E-state index contributed by atoms with van der Waals surface area (Å²) in [6.45, 7) is 3.59. The highest BCUT2D eigenvalue weighted by molar-refractivity contribution is 7.14. The normalized spacial score (nSPS) is 14.6. The summed E-state index contributed by atoms with van der Waals surface area (Å²) in [6, 6.07) is 5.79. The van der Waals surface area contributed by atoms with Gasteiger partial charge in [0.1, 0.15) is 5.69 Å². The van der Waals surface area contributed by atoms with Gasteiger partial charge in [0, 0.05) is 25.0 Å². The molecule has 2 heterocycles. The lowest BCUT2D eigenvalue weighted by Crippen LogP contribution is -2.30. The number of ether oxygens (including phenoxy) is 1. The smallest absolute Gasteiger partial charge is 0.213 e. The van der Waals surface area contributed by atoms with Crippen molar-refractivity contribution in [2.24, 2.45) is 10.9 Å². The number of guanidine groups is 1. The van der Waals surface area contributed by atoms with Crippen LogP contribution in [0.4, 0.5) is 5.13 Å². The lowest BCUT2D eigenvalue weighted by molar-refractivity contribution is 0.289. The highest BCUT2D eigenvalue weighted by Gasteiger charge is 2.22. The molecule has 0 aliphatic heterocycles. The van der Waals surface area contributed by atoms with Gasteiger partial charge in [0.25, 0.3) is 0 Å². The molecule has 2 N–H and O–H groups in total. The zero-order valence-electron chi connectivity index (χ0n) is 13.4. The lowest BCUT2D eigenvalue weighted by Gasteiger charge is -2.07. The molecule has 3 rings (SSSR count). The maximum absolute atomic E-state index is 5.73. The number of thiazole rings is 1. The van der Waals surface area contributed by atoms with E-state index in [0.717, 1.165) is 29.7 Å². The SMILES string of the molecule is CCNC(=NC)Nc1nc(-c2cccc(OCC3CC3)n2)cs1. The molecule has 1 aliphatic carbocycles. The monoisotopic (exact) mass is 331 g/mol. The van der Waals surface area contributed by atoms with Crippen molar-refractivity contribution >= 4 is 22.4 Å². The number of aliphatic imine (C=N–C) groups is 1. The highest BCUT2D eigenvalue weighted by atomic mass is 32.1. The second-order valence-corrected chi connectivity index (χ2v) is 6.24. The van der Waals surface area contributed by atoms with Gasteiger partial charge in [-0.2, -0.15) is 0 Å². The number of pyridine rings is 1. The molecular weight excluding hydrogens is 310 g/mol. The van der Waals surface area contributed by atoms with Crippen molar-refractivity contribution in [1.82, 2.24) is 15.3 Å². The molecule has 2 aromatic heterocycles. The Morgan fingerprint density at radius 3 is 2.96 bits per heavy atom. The van der Waals surface area contributed by atoms with Gasteiger partial charge < -0.3 is 15.4 Å². The van der Waals surface area contributed by atoms with Crippen LogP contribution >= 0.6 is 11.3 Å². The van der Waals surface area contributed by atoms with Crippen molar-refractivity contribution in [2.45, 2.75) is 19.8 Å². The number of anilines is 1. The molecule has 0 spiro atoms. The Morgan fingerprint density at radius 2 is 2.22 bits per heavy atom. The largest absolute Gasteiger partial charge is 0.477 e. The Morgan fingerprint density at radius 1 is 1.35 bits per heavy atom. The predicted molar refractivity (Wildman–Crippen MR) is 94.2 cm³/mol. The molecule has 0 atom stereocenters. The molecule has 23 heavy (non-hydrogen) atoms. The lowest BCUT2D eigenvalue weighted by atomic mass is 10.3. The average Bonchev–Trinajstić information content (AvgIpc) is 3.30. The van der Waals surface area contributed by atoms with Crippen molar-refractivity contribution in [3.05, 3.63) is 23.6 Å². The fraction of sp³-hybridized carbons (Fsp3) is 0.438. The number of hydrogen-bond acceptors (Lipinski definition) is 5. The summed E-state index contributed by atoms with van der Waals surface area (Å²) in [7, 11) is 1.74. The fourth-order valence-electron chi connectivity index (χ4n) is 2.02. The highest BCUT2D eigenvalue weighted by Crippen LogP contribution is 2.30. The van der Waals surface area contributed by atoms with Gasteiger partial charge in [0.15, 0.2) is 11.1 Å². The van der Waals surface area contributed by atoms with Crippen LogP contribution in [-0.2, 0) is 0 Å². The average molecular weight is 331 g/mol. The van der Waals surface area contributed by atoms with Crippen molar-refractivity contribution in [3.8, 4) is 17.3 Å². The van der Waals surface area contributed by atoms with Crippen LogP contribution in [0.2, 0.25) is 0 Å². The van der Waals surface area contributed by atoms with Crippen LogP contribution in [-0.4, -0.2) is 36.1 Å². The van der Waals surface area contributed by atoms with E-state index in [2.05, 4.69) is 25.6 Å². The first-order valence-electron chi connectivity index (χ1n) is 7.82. The van der Waals surface area contributed by atoms with E-state index in [1.54, 1.807) is 7.05 Å². The summed E-state index contributed by atoms with van der Waals surface area (Å²) >= 11 is 1.52. The minimum absolute atomic E-state index is 0.667. The molecule has 1 aliphatic rings. The number of rotatable bonds is 6. The molecule has 1 fully saturated rings. The zero-order chi connectivity index (χ0) is 16.1. The van der Waals surface area contributed by atoms with Crippen LogP contribution in [0.3, 0.4) is 0 Å². The quantitative estimate of drug-likeness (QED) is 0.629. The summed E-state index contributed by atoms with van der Waals surface area (Å²) < 4.78 is 5.73. The van der Waals surface area contributed by atoms with Gasteiger partial charge in [-0.25, -0.2) is 9.97 Å². The van der Waals surface area contributed by atoms with Gasteiger partial charge in [-0.1, -0.05) is 6.07 Å². The maximum Gasteiger partial charge on any atom is 0.213 e. The molecule has 6 nitrogen and oxygen atoms in total. The third-order valence-corrected chi connectivity index (χ3v) is 4.20. The molecule has 1 saturated carbocycles. The van der Waals surface area contributed by atoms with E-state index in [0.29, 0.717) is 17.8 Å². The number of nitrogens with zero attached hydrogens (tertiary/aromatic N) is 3. The summed E-state index contributed by atoms with van der Waals surface area (Å²) in [5.41, 5.74) is 1.65. The van der Waals surface area contributed by atoms with Crippen molar-refractivity contribution in [3.63, 3.8) is 0 Å². The third kappa shape index (κ3) is 4.41. The van der Waals surface area contributed by atoms with Gasteiger partial charge in [-0.3, -0.25) is 4.99 Å². The van der Waals surface area contributed by atoms with Crippen molar-refractivity contribution in [2.75, 3.05) is 25.5 Å². The molecule has 0 unspecified atom stereocenters. The van der Waals surface area contributed by atoms with Gasteiger partial charge in [-0.15, -0.1) is 11.3 Å². The van der Waals surface area contributed by atoms with E-state index in [-0.39, 0.29) is 0 Å². The number of aromatic nitrogens is 2. The third-order valence-electron chi connectivity index (χ3n) is 3.45. The second-order valence-electron chi connectivity index (χ2n) is 5.38. The summed E-state index contributed by atoms with van der Waals surface area (Å²) in [6.07, 6.45) is 2.54. The van der Waals surface area contributed by atoms with Crippen LogP contribution in [0.5, 0.6) is 5.88 Å². The van der Waals surface area contributed by atoms with E-state index < -0.39 is 0 Å². The zero-order valence-corrected chi connectivity index (χ0v) is 14.2. The standard InChI is InChI=1S/C16H21N5OS/c1-3-18-15(17-2)21-16-20-13(10-23-16)12-5-4-6-14(19-12)22-9-11-7-8-11/h4-6,10-11H,3,7-9H2,1-2H3,(H2,17,18,20,21). The molecule has 0 radical (unpaired) electrons. The molecule has 0 saturated heterocycles. The molecular formula is C16H21N5OS. The van der Waals surface area contributed by atoms with E-state index in [1.165, 1.54) is 24.2 Å². The Balaban J connectivity index is 1.68. The Bertz CT molecular complexity index is 681. The van der Waals surface area contributed by atoms with Crippen LogP contribution in [0, 0.1) is 5.92 Å². The van der Waals surface area contributed by atoms with Gasteiger partial charge in [0.2, 0.25) is 5.88 Å². The Kier molecular flexibility index (Phi) is 5.07. The minimum Gasteiger partial charge on any atom is -0.477 e. The van der Waals surface area contributed by atoms with Crippen molar-refractivity contribution in [1.29, 1.82) is 0 Å². The van der Waals surface area contributed by atoms with Crippen LogP contribution in [0.15, 0.2) is 28.6 Å². The van der Waals surface area contributed by atoms with E-state index in [9.17, 15) is 0 Å². The molecule has 0 amide bonds. The minimum atomic E-state index is 0.667. The van der Waals surface area contributed by atoms with Gasteiger partial charge in [-0.05, 0) is 31.7 Å². The molecule has 0 aromatic carbocycles. The van der Waals surface area contributed by atoms with E-state index in [4.69, 9.17) is 4.74 Å². The number of nitrogens with one attached hydrogen (secondary N) is 2. The van der Waals surface area contributed by atoms with Gasteiger partial charge in [0.05, 0.1) is 12.3 Å². The fourth-order valence-corrected chi connectivity index (χ4v) is 2.73.